The van der Waals surface area contributed by atoms with Gasteiger partial charge in [0.2, 0.25) is 6.29 Å². The summed E-state index contributed by atoms with van der Waals surface area (Å²) in [5.41, 5.74) is 0.265. The molecule has 0 aliphatic carbocycles. The highest BCUT2D eigenvalue weighted by atomic mass is 32.2. The van der Waals surface area contributed by atoms with Crippen LogP contribution in [-0.2, 0) is 19.6 Å². The number of hydrogen-bond donors (Lipinski definition) is 1. The third-order valence-electron chi connectivity index (χ3n) is 2.50. The Morgan fingerprint density at radius 3 is 2.33 bits per heavy atom. The van der Waals surface area contributed by atoms with Crippen molar-refractivity contribution in [2.45, 2.75) is 37.9 Å². The van der Waals surface area contributed by atoms with Crippen molar-refractivity contribution in [2.75, 3.05) is 0 Å². The molecule has 0 radical (unpaired) electrons. The average Bonchev–Trinajstić information content (AvgIpc) is 2.38. The Bertz CT molecular complexity index is 603. The van der Waals surface area contributed by atoms with Gasteiger partial charge in [-0.1, -0.05) is 13.5 Å². The number of benzene rings is 1. The first-order chi connectivity index (χ1) is 9.74. The fourth-order valence-corrected chi connectivity index (χ4v) is 1.92. The summed E-state index contributed by atoms with van der Waals surface area (Å²) in [6.45, 7) is 6.93. The van der Waals surface area contributed by atoms with E-state index in [1.165, 1.54) is 31.2 Å². The minimum atomic E-state index is -4.24. The number of rotatable bonds is 7. The molecule has 0 aliphatic rings. The van der Waals surface area contributed by atoms with Crippen LogP contribution in [-0.4, -0.2) is 25.2 Å². The van der Waals surface area contributed by atoms with Gasteiger partial charge in [-0.25, -0.2) is 4.79 Å². The van der Waals surface area contributed by atoms with Crippen LogP contribution in [0.3, 0.4) is 0 Å². The Morgan fingerprint density at radius 1 is 1.33 bits per heavy atom. The first-order valence-electron chi connectivity index (χ1n) is 6.34. The maximum Gasteiger partial charge on any atom is 0.336 e. The normalized spacial score (nSPS) is 12.5. The van der Waals surface area contributed by atoms with Gasteiger partial charge in [0, 0.05) is 12.0 Å². The second-order valence-corrected chi connectivity index (χ2v) is 5.89. The topological polar surface area (TPSA) is 89.9 Å². The summed E-state index contributed by atoms with van der Waals surface area (Å²) in [6.07, 6.45) is 0.437. The molecular formula is C14H18O6S. The number of carbonyl (C=O) groups is 1. The van der Waals surface area contributed by atoms with Crippen LogP contribution in [0, 0.1) is 0 Å². The Kier molecular flexibility index (Phi) is 5.92. The number of esters is 1. The van der Waals surface area contributed by atoms with Gasteiger partial charge in [-0.15, -0.1) is 0 Å². The fourth-order valence-electron chi connectivity index (χ4n) is 1.44. The first kappa shape index (κ1) is 17.2. The lowest BCUT2D eigenvalue weighted by atomic mass is 10.3. The van der Waals surface area contributed by atoms with Gasteiger partial charge in [0.25, 0.3) is 10.1 Å². The highest BCUT2D eigenvalue weighted by molar-refractivity contribution is 7.85. The number of ether oxygens (including phenoxy) is 2. The summed E-state index contributed by atoms with van der Waals surface area (Å²) in [6, 6.07) is 5.16. The second kappa shape index (κ2) is 7.24. The van der Waals surface area contributed by atoms with E-state index in [4.69, 9.17) is 14.0 Å². The minimum absolute atomic E-state index is 0.235. The average molecular weight is 314 g/mol. The molecule has 1 aromatic carbocycles. The molecule has 1 rings (SSSR count). The fraction of sp³-hybridized carbons (Fsp3) is 0.357. The summed E-state index contributed by atoms with van der Waals surface area (Å²) < 4.78 is 41.3. The van der Waals surface area contributed by atoms with E-state index >= 15 is 0 Å². The van der Waals surface area contributed by atoms with Crippen LogP contribution in [0.5, 0.6) is 5.75 Å². The molecule has 1 aromatic rings. The second-order valence-electron chi connectivity index (χ2n) is 4.47. The zero-order chi connectivity index (χ0) is 16.0. The molecule has 0 fully saturated rings. The van der Waals surface area contributed by atoms with Crippen molar-refractivity contribution in [3.63, 3.8) is 0 Å². The van der Waals surface area contributed by atoms with E-state index in [2.05, 4.69) is 6.58 Å². The van der Waals surface area contributed by atoms with E-state index in [9.17, 15) is 13.2 Å². The third-order valence-corrected chi connectivity index (χ3v) is 3.37. The van der Waals surface area contributed by atoms with Crippen LogP contribution in [0.25, 0.3) is 0 Å². The van der Waals surface area contributed by atoms with Crippen molar-refractivity contribution in [3.8, 4) is 5.75 Å². The predicted molar refractivity (Wildman–Crippen MR) is 76.5 cm³/mol. The van der Waals surface area contributed by atoms with Gasteiger partial charge in [-0.2, -0.15) is 8.42 Å². The molecule has 1 atom stereocenters. The van der Waals surface area contributed by atoms with Crippen LogP contribution < -0.4 is 4.74 Å². The van der Waals surface area contributed by atoms with Crippen molar-refractivity contribution >= 4 is 16.1 Å². The van der Waals surface area contributed by atoms with Gasteiger partial charge >= 0.3 is 5.97 Å². The molecule has 0 aromatic heterocycles. The molecule has 1 N–H and O–H groups in total. The molecule has 21 heavy (non-hydrogen) atoms. The molecule has 116 valence electrons. The number of carbonyl (C=O) groups excluding carboxylic acids is 1. The zero-order valence-corrected chi connectivity index (χ0v) is 12.7. The van der Waals surface area contributed by atoms with E-state index in [0.717, 1.165) is 6.42 Å². The SMILES string of the molecule is C=C(C)C(=O)OC(CCC)Oc1ccc(S(=O)(=O)O)cc1. The third kappa shape index (κ3) is 5.57. The lowest BCUT2D eigenvalue weighted by Gasteiger charge is -2.19. The first-order valence-corrected chi connectivity index (χ1v) is 7.78. The standard InChI is InChI=1S/C14H18O6S/c1-4-5-13(20-14(15)10(2)3)19-11-6-8-12(9-7-11)21(16,17)18/h6-9,13H,2,4-5H2,1,3H3,(H,16,17,18). The lowest BCUT2D eigenvalue weighted by Crippen LogP contribution is -2.24. The van der Waals surface area contributed by atoms with Crippen molar-refractivity contribution < 1.29 is 27.2 Å². The van der Waals surface area contributed by atoms with E-state index < -0.39 is 22.4 Å². The summed E-state index contributed by atoms with van der Waals surface area (Å²) in [5, 5.41) is 0. The molecule has 0 bridgehead atoms. The Hall–Kier alpha value is -1.86. The molecule has 0 amide bonds. The van der Waals surface area contributed by atoms with Gasteiger partial charge in [0.15, 0.2) is 0 Å². The van der Waals surface area contributed by atoms with Crippen molar-refractivity contribution in [1.29, 1.82) is 0 Å². The predicted octanol–water partition coefficient (Wildman–Crippen LogP) is 2.56. The van der Waals surface area contributed by atoms with Crippen LogP contribution in [0.2, 0.25) is 0 Å². The molecule has 0 spiro atoms. The van der Waals surface area contributed by atoms with E-state index in [0.29, 0.717) is 12.2 Å². The van der Waals surface area contributed by atoms with Crippen LogP contribution in [0.4, 0.5) is 0 Å². The lowest BCUT2D eigenvalue weighted by molar-refractivity contribution is -0.159. The monoisotopic (exact) mass is 314 g/mol. The summed E-state index contributed by atoms with van der Waals surface area (Å²) in [4.78, 5) is 11.3. The molecule has 0 saturated heterocycles. The smallest absolute Gasteiger partial charge is 0.336 e. The van der Waals surface area contributed by atoms with Crippen LogP contribution in [0.15, 0.2) is 41.3 Å². The molecule has 0 saturated carbocycles. The van der Waals surface area contributed by atoms with E-state index in [-0.39, 0.29) is 10.5 Å². The molecule has 1 unspecified atom stereocenters. The minimum Gasteiger partial charge on any atom is -0.455 e. The highest BCUT2D eigenvalue weighted by Crippen LogP contribution is 2.19. The summed E-state index contributed by atoms with van der Waals surface area (Å²) in [7, 11) is -4.24. The molecule has 7 heteroatoms. The zero-order valence-electron chi connectivity index (χ0n) is 11.9. The van der Waals surface area contributed by atoms with E-state index in [1.54, 1.807) is 0 Å². The van der Waals surface area contributed by atoms with Crippen molar-refractivity contribution in [3.05, 3.63) is 36.4 Å². The Labute approximate surface area is 124 Å². The largest absolute Gasteiger partial charge is 0.455 e. The van der Waals surface area contributed by atoms with Gasteiger partial charge in [0.1, 0.15) is 5.75 Å². The van der Waals surface area contributed by atoms with Crippen molar-refractivity contribution in [1.82, 2.24) is 0 Å². The van der Waals surface area contributed by atoms with E-state index in [1.807, 2.05) is 6.92 Å². The molecule has 6 nitrogen and oxygen atoms in total. The van der Waals surface area contributed by atoms with Gasteiger partial charge < -0.3 is 9.47 Å². The molecular weight excluding hydrogens is 296 g/mol. The summed E-state index contributed by atoms with van der Waals surface area (Å²) in [5.74, 6) is -0.224. The molecule has 0 aliphatic heterocycles. The van der Waals surface area contributed by atoms with Gasteiger partial charge in [-0.05, 0) is 37.6 Å². The van der Waals surface area contributed by atoms with Crippen LogP contribution in [0.1, 0.15) is 26.7 Å². The maximum absolute atomic E-state index is 11.5. The quantitative estimate of drug-likeness (QED) is 0.360. The molecule has 0 heterocycles. The number of hydrogen-bond acceptors (Lipinski definition) is 5. The highest BCUT2D eigenvalue weighted by Gasteiger charge is 2.16. The van der Waals surface area contributed by atoms with Crippen molar-refractivity contribution in [2.24, 2.45) is 0 Å². The maximum atomic E-state index is 11.5. The van der Waals surface area contributed by atoms with Crippen LogP contribution >= 0.6 is 0 Å². The Balaban J connectivity index is 2.79. The Morgan fingerprint density at radius 2 is 1.90 bits per heavy atom. The van der Waals surface area contributed by atoms with Gasteiger partial charge in [0.05, 0.1) is 4.90 Å². The van der Waals surface area contributed by atoms with Gasteiger partial charge in [-0.3, -0.25) is 4.55 Å². The summed E-state index contributed by atoms with van der Waals surface area (Å²) >= 11 is 0.